The van der Waals surface area contributed by atoms with Crippen LogP contribution in [0, 0.1) is 0 Å². The molecule has 1 nitrogen and oxygen atoms in total. The van der Waals surface area contributed by atoms with E-state index in [1.54, 1.807) is 0 Å². The summed E-state index contributed by atoms with van der Waals surface area (Å²) < 4.78 is 6.09. The van der Waals surface area contributed by atoms with Gasteiger partial charge in [0.15, 0.2) is 0 Å². The molecular weight excluding hydrogens is 436 g/mol. The van der Waals surface area contributed by atoms with Crippen molar-refractivity contribution in [2.75, 3.05) is 0 Å². The standard InChI is InChI=1S/C32H19ClO/c33-29-14-7-13-25-27(29)19-26-22(20-8-2-1-3-9-20)11-6-12-24(26)32(25)21-16-17-31-28(18-21)23-10-4-5-15-30(23)34-31/h1-19H. The van der Waals surface area contributed by atoms with Crippen LogP contribution in [-0.2, 0) is 0 Å². The minimum atomic E-state index is 0.762. The highest BCUT2D eigenvalue weighted by Crippen LogP contribution is 2.43. The molecule has 160 valence electrons. The Bertz CT molecular complexity index is 1860. The predicted octanol–water partition coefficient (Wildman–Crippen LogP) is 9.88. The quantitative estimate of drug-likeness (QED) is 0.237. The Morgan fingerprint density at radius 1 is 0.441 bits per heavy atom. The van der Waals surface area contributed by atoms with Crippen molar-refractivity contribution >= 4 is 55.1 Å². The lowest BCUT2D eigenvalue weighted by Crippen LogP contribution is -1.89. The second-order valence-corrected chi connectivity index (χ2v) is 9.07. The number of halogens is 1. The molecule has 0 radical (unpaired) electrons. The van der Waals surface area contributed by atoms with E-state index < -0.39 is 0 Å². The Morgan fingerprint density at radius 2 is 1.15 bits per heavy atom. The van der Waals surface area contributed by atoms with Crippen LogP contribution < -0.4 is 0 Å². The summed E-state index contributed by atoms with van der Waals surface area (Å²) in [4.78, 5) is 0. The molecule has 0 fully saturated rings. The average Bonchev–Trinajstić information content (AvgIpc) is 3.26. The van der Waals surface area contributed by atoms with Crippen LogP contribution in [0.15, 0.2) is 120 Å². The molecule has 0 aliphatic rings. The smallest absolute Gasteiger partial charge is 0.135 e. The van der Waals surface area contributed by atoms with E-state index in [1.807, 2.05) is 24.3 Å². The van der Waals surface area contributed by atoms with Gasteiger partial charge in [-0.2, -0.15) is 0 Å². The molecule has 0 N–H and O–H groups in total. The summed E-state index contributed by atoms with van der Waals surface area (Å²) in [6.45, 7) is 0. The first-order valence-electron chi connectivity index (χ1n) is 11.4. The van der Waals surface area contributed by atoms with E-state index in [1.165, 1.54) is 27.5 Å². The highest BCUT2D eigenvalue weighted by molar-refractivity contribution is 6.37. The number of para-hydroxylation sites is 1. The van der Waals surface area contributed by atoms with E-state index in [2.05, 4.69) is 91.0 Å². The Balaban J connectivity index is 1.62. The van der Waals surface area contributed by atoms with E-state index in [0.29, 0.717) is 0 Å². The number of fused-ring (bicyclic) bond motifs is 5. The summed E-state index contributed by atoms with van der Waals surface area (Å²) in [7, 11) is 0. The van der Waals surface area contributed by atoms with Crippen molar-refractivity contribution in [2.24, 2.45) is 0 Å². The van der Waals surface area contributed by atoms with Crippen LogP contribution in [0.1, 0.15) is 0 Å². The van der Waals surface area contributed by atoms with Gasteiger partial charge < -0.3 is 4.42 Å². The highest BCUT2D eigenvalue weighted by atomic mass is 35.5. The van der Waals surface area contributed by atoms with E-state index in [9.17, 15) is 0 Å². The molecule has 7 rings (SSSR count). The number of hydrogen-bond donors (Lipinski definition) is 0. The zero-order chi connectivity index (χ0) is 22.6. The lowest BCUT2D eigenvalue weighted by Gasteiger charge is -2.16. The normalized spacial score (nSPS) is 11.7. The number of rotatable bonds is 2. The van der Waals surface area contributed by atoms with Crippen molar-refractivity contribution in [1.29, 1.82) is 0 Å². The average molecular weight is 455 g/mol. The van der Waals surface area contributed by atoms with Crippen LogP contribution in [0.5, 0.6) is 0 Å². The zero-order valence-corrected chi connectivity index (χ0v) is 19.0. The molecule has 1 aromatic heterocycles. The molecule has 0 aliphatic carbocycles. The third-order valence-electron chi connectivity index (χ3n) is 6.74. The third-order valence-corrected chi connectivity index (χ3v) is 7.07. The molecule has 0 saturated carbocycles. The Kier molecular flexibility index (Phi) is 4.27. The fraction of sp³-hybridized carbons (Fsp3) is 0. The van der Waals surface area contributed by atoms with Gasteiger partial charge in [0.1, 0.15) is 11.2 Å². The number of hydrogen-bond acceptors (Lipinski definition) is 1. The second-order valence-electron chi connectivity index (χ2n) is 8.66. The molecular formula is C32H19ClO. The maximum absolute atomic E-state index is 6.76. The van der Waals surface area contributed by atoms with Crippen LogP contribution in [-0.4, -0.2) is 0 Å². The SMILES string of the molecule is Clc1cccc2c(-c3ccc4oc5ccccc5c4c3)c3cccc(-c4ccccc4)c3cc12. The third kappa shape index (κ3) is 2.88. The van der Waals surface area contributed by atoms with Crippen molar-refractivity contribution in [3.63, 3.8) is 0 Å². The van der Waals surface area contributed by atoms with Gasteiger partial charge in [-0.3, -0.25) is 0 Å². The highest BCUT2D eigenvalue weighted by Gasteiger charge is 2.16. The van der Waals surface area contributed by atoms with E-state index in [0.717, 1.165) is 43.3 Å². The lowest BCUT2D eigenvalue weighted by atomic mass is 9.88. The minimum absolute atomic E-state index is 0.762. The first-order chi connectivity index (χ1) is 16.8. The summed E-state index contributed by atoms with van der Waals surface area (Å²) >= 11 is 6.76. The molecule has 0 bridgehead atoms. The number of benzene rings is 6. The van der Waals surface area contributed by atoms with Crippen LogP contribution >= 0.6 is 11.6 Å². The largest absolute Gasteiger partial charge is 0.456 e. The van der Waals surface area contributed by atoms with Gasteiger partial charge in [-0.25, -0.2) is 0 Å². The molecule has 0 spiro atoms. The fourth-order valence-electron chi connectivity index (χ4n) is 5.19. The van der Waals surface area contributed by atoms with Gasteiger partial charge in [0.25, 0.3) is 0 Å². The van der Waals surface area contributed by atoms with Crippen LogP contribution in [0.3, 0.4) is 0 Å². The summed E-state index contributed by atoms with van der Waals surface area (Å²) in [5.74, 6) is 0. The lowest BCUT2D eigenvalue weighted by molar-refractivity contribution is 0.669. The molecule has 6 aromatic carbocycles. The van der Waals surface area contributed by atoms with Gasteiger partial charge in [-0.15, -0.1) is 0 Å². The molecule has 0 amide bonds. The van der Waals surface area contributed by atoms with Crippen LogP contribution in [0.4, 0.5) is 0 Å². The van der Waals surface area contributed by atoms with Crippen LogP contribution in [0.2, 0.25) is 5.02 Å². The second kappa shape index (κ2) is 7.48. The first kappa shape index (κ1) is 19.4. The van der Waals surface area contributed by atoms with Gasteiger partial charge in [-0.05, 0) is 68.7 Å². The van der Waals surface area contributed by atoms with E-state index in [-0.39, 0.29) is 0 Å². The first-order valence-corrected chi connectivity index (χ1v) is 11.8. The summed E-state index contributed by atoms with van der Waals surface area (Å²) in [6.07, 6.45) is 0. The zero-order valence-electron chi connectivity index (χ0n) is 18.3. The molecule has 0 atom stereocenters. The molecule has 0 aliphatic heterocycles. The van der Waals surface area contributed by atoms with Gasteiger partial charge in [-0.1, -0.05) is 96.5 Å². The maximum Gasteiger partial charge on any atom is 0.135 e. The minimum Gasteiger partial charge on any atom is -0.456 e. The molecule has 2 heteroatoms. The maximum atomic E-state index is 6.76. The molecule has 0 saturated heterocycles. The summed E-state index contributed by atoms with van der Waals surface area (Å²) in [5.41, 5.74) is 6.56. The van der Waals surface area contributed by atoms with Gasteiger partial charge in [0.2, 0.25) is 0 Å². The van der Waals surface area contributed by atoms with E-state index >= 15 is 0 Å². The Morgan fingerprint density at radius 3 is 2.03 bits per heavy atom. The topological polar surface area (TPSA) is 13.1 Å². The van der Waals surface area contributed by atoms with Gasteiger partial charge in [0.05, 0.1) is 0 Å². The predicted molar refractivity (Wildman–Crippen MR) is 145 cm³/mol. The van der Waals surface area contributed by atoms with Crippen molar-refractivity contribution in [3.8, 4) is 22.3 Å². The van der Waals surface area contributed by atoms with Gasteiger partial charge in [0, 0.05) is 21.2 Å². The monoisotopic (exact) mass is 454 g/mol. The van der Waals surface area contributed by atoms with Crippen molar-refractivity contribution < 1.29 is 4.42 Å². The summed E-state index contributed by atoms with van der Waals surface area (Å²) in [6, 6.07) is 40.2. The Labute approximate surface area is 201 Å². The number of furan rings is 1. The van der Waals surface area contributed by atoms with Crippen molar-refractivity contribution in [1.82, 2.24) is 0 Å². The Hall–Kier alpha value is -4.07. The molecule has 1 heterocycles. The molecule has 34 heavy (non-hydrogen) atoms. The molecule has 0 unspecified atom stereocenters. The van der Waals surface area contributed by atoms with Crippen molar-refractivity contribution in [2.45, 2.75) is 0 Å². The fourth-order valence-corrected chi connectivity index (χ4v) is 5.42. The van der Waals surface area contributed by atoms with E-state index in [4.69, 9.17) is 16.0 Å². The summed E-state index contributed by atoms with van der Waals surface area (Å²) in [5, 5.41) is 7.64. The van der Waals surface area contributed by atoms with Crippen molar-refractivity contribution in [3.05, 3.63) is 120 Å². The van der Waals surface area contributed by atoms with Gasteiger partial charge >= 0.3 is 0 Å². The van der Waals surface area contributed by atoms with Crippen LogP contribution in [0.25, 0.3) is 65.7 Å². The molecule has 7 aromatic rings.